The lowest BCUT2D eigenvalue weighted by Crippen LogP contribution is -2.52. The van der Waals surface area contributed by atoms with Gasteiger partial charge < -0.3 is 15.5 Å². The molecule has 2 N–H and O–H groups in total. The molecule has 1 fully saturated rings. The molecule has 1 atom stereocenters. The highest BCUT2D eigenvalue weighted by Crippen LogP contribution is 2.13. The highest BCUT2D eigenvalue weighted by Gasteiger charge is 2.25. The number of rotatable bonds is 2. The number of likely N-dealkylation sites (N-methyl/N-ethyl adjacent to an activating group) is 1. The zero-order valence-electron chi connectivity index (χ0n) is 11.3. The average Bonchev–Trinajstić information content (AvgIpc) is 2.41. The van der Waals surface area contributed by atoms with Gasteiger partial charge >= 0.3 is 0 Å². The van der Waals surface area contributed by atoms with Crippen LogP contribution < -0.4 is 5.73 Å². The third-order valence-electron chi connectivity index (χ3n) is 3.64. The molecule has 1 unspecified atom stereocenters. The molecule has 0 spiro atoms. The first-order chi connectivity index (χ1) is 8.99. The Morgan fingerprint density at radius 1 is 1.37 bits per heavy atom. The van der Waals surface area contributed by atoms with Crippen LogP contribution in [0.1, 0.15) is 22.8 Å². The molecule has 102 valence electrons. The summed E-state index contributed by atoms with van der Waals surface area (Å²) in [5, 5.41) is 0. The number of piperazine rings is 1. The molecule has 1 aromatic rings. The Morgan fingerprint density at radius 3 is 2.68 bits per heavy atom. The molecule has 1 aromatic carbocycles. The minimum absolute atomic E-state index is 0.0538. The van der Waals surface area contributed by atoms with Crippen LogP contribution in [0, 0.1) is 0 Å². The van der Waals surface area contributed by atoms with Crippen LogP contribution in [0.4, 0.5) is 0 Å². The normalized spacial score (nSPS) is 20.3. The van der Waals surface area contributed by atoms with Crippen LogP contribution in [0.3, 0.4) is 0 Å². The molecule has 19 heavy (non-hydrogen) atoms. The molecule has 0 aliphatic carbocycles. The van der Waals surface area contributed by atoms with Crippen LogP contribution in [0.2, 0.25) is 0 Å². The number of nitrogens with two attached hydrogens (primary N) is 1. The van der Waals surface area contributed by atoms with Crippen LogP contribution in [0.5, 0.6) is 0 Å². The summed E-state index contributed by atoms with van der Waals surface area (Å²) in [5.74, 6) is 0.0538. The third-order valence-corrected chi connectivity index (χ3v) is 3.88. The molecular weight excluding hydrogens is 258 g/mol. The van der Waals surface area contributed by atoms with Crippen LogP contribution in [0.25, 0.3) is 0 Å². The highest BCUT2D eigenvalue weighted by atomic mass is 32.1. The molecule has 1 heterocycles. The van der Waals surface area contributed by atoms with E-state index in [1.807, 2.05) is 23.1 Å². The van der Waals surface area contributed by atoms with Crippen molar-refractivity contribution in [3.63, 3.8) is 0 Å². The Balaban J connectivity index is 2.16. The first-order valence-electron chi connectivity index (χ1n) is 6.38. The van der Waals surface area contributed by atoms with Crippen molar-refractivity contribution in [2.24, 2.45) is 5.73 Å². The highest BCUT2D eigenvalue weighted by molar-refractivity contribution is 7.80. The molecule has 0 radical (unpaired) electrons. The van der Waals surface area contributed by atoms with Crippen molar-refractivity contribution in [2.45, 2.75) is 13.0 Å². The van der Waals surface area contributed by atoms with Crippen LogP contribution in [-0.4, -0.2) is 53.4 Å². The van der Waals surface area contributed by atoms with Crippen molar-refractivity contribution in [1.29, 1.82) is 0 Å². The van der Waals surface area contributed by atoms with Gasteiger partial charge in [0.15, 0.2) is 0 Å². The maximum Gasteiger partial charge on any atom is 0.253 e. The fourth-order valence-electron chi connectivity index (χ4n) is 2.22. The van der Waals surface area contributed by atoms with Crippen molar-refractivity contribution in [1.82, 2.24) is 9.80 Å². The van der Waals surface area contributed by atoms with Crippen molar-refractivity contribution in [3.05, 3.63) is 35.4 Å². The Bertz CT molecular complexity index is 503. The largest absolute Gasteiger partial charge is 0.389 e. The lowest BCUT2D eigenvalue weighted by molar-refractivity contribution is 0.0572. The molecule has 0 bridgehead atoms. The summed E-state index contributed by atoms with van der Waals surface area (Å²) < 4.78 is 0. The summed E-state index contributed by atoms with van der Waals surface area (Å²) in [6.45, 7) is 4.55. The number of thiocarbonyl (C=S) groups is 1. The Morgan fingerprint density at radius 2 is 2.05 bits per heavy atom. The van der Waals surface area contributed by atoms with Gasteiger partial charge in [0, 0.05) is 36.8 Å². The number of carbonyl (C=O) groups excluding carboxylic acids is 1. The van der Waals surface area contributed by atoms with E-state index in [9.17, 15) is 4.79 Å². The summed E-state index contributed by atoms with van der Waals surface area (Å²) in [6.07, 6.45) is 0. The number of nitrogens with zero attached hydrogens (tertiary/aromatic N) is 2. The Labute approximate surface area is 119 Å². The van der Waals surface area contributed by atoms with Gasteiger partial charge in [-0.3, -0.25) is 4.79 Å². The molecule has 1 saturated heterocycles. The quantitative estimate of drug-likeness (QED) is 0.822. The number of benzene rings is 1. The Hall–Kier alpha value is -1.46. The molecular formula is C14H19N3OS. The van der Waals surface area contributed by atoms with E-state index >= 15 is 0 Å². The smallest absolute Gasteiger partial charge is 0.253 e. The fraction of sp³-hybridized carbons (Fsp3) is 0.429. The number of amides is 1. The zero-order chi connectivity index (χ0) is 14.0. The summed E-state index contributed by atoms with van der Waals surface area (Å²) >= 11 is 4.95. The van der Waals surface area contributed by atoms with Crippen LogP contribution in [-0.2, 0) is 0 Å². The van der Waals surface area contributed by atoms with Gasteiger partial charge in [0.25, 0.3) is 5.91 Å². The van der Waals surface area contributed by atoms with E-state index in [0.717, 1.165) is 25.2 Å². The van der Waals surface area contributed by atoms with Crippen LogP contribution >= 0.6 is 12.2 Å². The maximum absolute atomic E-state index is 12.5. The van der Waals surface area contributed by atoms with Crippen molar-refractivity contribution < 1.29 is 4.79 Å². The zero-order valence-corrected chi connectivity index (χ0v) is 12.1. The van der Waals surface area contributed by atoms with Gasteiger partial charge in [0.05, 0.1) is 0 Å². The van der Waals surface area contributed by atoms with Gasteiger partial charge in [0.2, 0.25) is 0 Å². The molecule has 1 aliphatic rings. The number of hydrogen-bond acceptors (Lipinski definition) is 3. The second-order valence-corrected chi connectivity index (χ2v) is 5.47. The SMILES string of the molecule is CC1CN(C(=O)c2cccc(C(N)=S)c2)CCN1C. The molecule has 5 heteroatoms. The summed E-state index contributed by atoms with van der Waals surface area (Å²) in [6, 6.07) is 7.62. The first kappa shape index (κ1) is 14.0. The van der Waals surface area contributed by atoms with Gasteiger partial charge in [-0.1, -0.05) is 24.4 Å². The summed E-state index contributed by atoms with van der Waals surface area (Å²) in [7, 11) is 2.08. The van der Waals surface area contributed by atoms with E-state index in [2.05, 4.69) is 18.9 Å². The monoisotopic (exact) mass is 277 g/mol. The second kappa shape index (κ2) is 5.67. The number of hydrogen-bond donors (Lipinski definition) is 1. The minimum Gasteiger partial charge on any atom is -0.389 e. The first-order valence-corrected chi connectivity index (χ1v) is 6.79. The summed E-state index contributed by atoms with van der Waals surface area (Å²) in [4.78, 5) is 16.9. The predicted molar refractivity (Wildman–Crippen MR) is 80.3 cm³/mol. The van der Waals surface area contributed by atoms with E-state index in [-0.39, 0.29) is 5.91 Å². The van der Waals surface area contributed by atoms with E-state index < -0.39 is 0 Å². The lowest BCUT2D eigenvalue weighted by Gasteiger charge is -2.37. The molecule has 0 aromatic heterocycles. The molecule has 0 saturated carbocycles. The Kier molecular flexibility index (Phi) is 4.17. The summed E-state index contributed by atoms with van der Waals surface area (Å²) in [5.41, 5.74) is 6.99. The standard InChI is InChI=1S/C14H19N3OS/c1-10-9-17(7-6-16(10)2)14(18)12-5-3-4-11(8-12)13(15)19/h3-5,8,10H,6-7,9H2,1-2H3,(H2,15,19). The molecule has 4 nitrogen and oxygen atoms in total. The molecule has 1 amide bonds. The van der Waals surface area contributed by atoms with Gasteiger partial charge in [-0.05, 0) is 26.1 Å². The third kappa shape index (κ3) is 3.11. The van der Waals surface area contributed by atoms with E-state index in [1.165, 1.54) is 0 Å². The second-order valence-electron chi connectivity index (χ2n) is 5.03. The average molecular weight is 277 g/mol. The molecule has 2 rings (SSSR count). The maximum atomic E-state index is 12.5. The number of carbonyl (C=O) groups is 1. The lowest BCUT2D eigenvalue weighted by atomic mass is 10.1. The topological polar surface area (TPSA) is 49.6 Å². The van der Waals surface area contributed by atoms with Crippen molar-refractivity contribution >= 4 is 23.1 Å². The van der Waals surface area contributed by atoms with Crippen molar-refractivity contribution in [2.75, 3.05) is 26.7 Å². The predicted octanol–water partition coefficient (Wildman–Crippen LogP) is 1.10. The van der Waals surface area contributed by atoms with Gasteiger partial charge in [-0.2, -0.15) is 0 Å². The van der Waals surface area contributed by atoms with Gasteiger partial charge in [0.1, 0.15) is 4.99 Å². The van der Waals surface area contributed by atoms with E-state index in [4.69, 9.17) is 18.0 Å². The van der Waals surface area contributed by atoms with Gasteiger partial charge in [-0.15, -0.1) is 0 Å². The minimum atomic E-state index is 0.0538. The van der Waals surface area contributed by atoms with Crippen molar-refractivity contribution in [3.8, 4) is 0 Å². The molecule has 1 aliphatic heterocycles. The van der Waals surface area contributed by atoms with E-state index in [1.54, 1.807) is 6.07 Å². The fourth-order valence-corrected chi connectivity index (χ4v) is 2.35. The van der Waals surface area contributed by atoms with Gasteiger partial charge in [-0.25, -0.2) is 0 Å². The van der Waals surface area contributed by atoms with Crippen LogP contribution in [0.15, 0.2) is 24.3 Å². The van der Waals surface area contributed by atoms with E-state index in [0.29, 0.717) is 16.6 Å².